The van der Waals surface area contributed by atoms with E-state index in [0.29, 0.717) is 12.1 Å². The van der Waals surface area contributed by atoms with Gasteiger partial charge in [0.1, 0.15) is 0 Å². The predicted molar refractivity (Wildman–Crippen MR) is 124 cm³/mol. The van der Waals surface area contributed by atoms with Crippen LogP contribution in [0.3, 0.4) is 0 Å². The van der Waals surface area contributed by atoms with E-state index in [-0.39, 0.29) is 30.3 Å². The number of hydrogen-bond acceptors (Lipinski definition) is 3. The van der Waals surface area contributed by atoms with E-state index in [4.69, 9.17) is 0 Å². The van der Waals surface area contributed by atoms with Gasteiger partial charge < -0.3 is 5.32 Å². The smallest absolute Gasteiger partial charge is 0.232 e. The molecule has 0 radical (unpaired) electrons. The molecule has 1 amide bonds. The molecule has 2 aromatic carbocycles. The number of nitrogens with zero attached hydrogens (tertiary/aromatic N) is 1. The topological polar surface area (TPSA) is 66.5 Å². The average molecular weight is 431 g/mol. The molecule has 30 heavy (non-hydrogen) atoms. The molecule has 1 N–H and O–H groups in total. The largest absolute Gasteiger partial charge is 0.350 e. The molecule has 2 aromatic rings. The molecule has 2 rings (SSSR count). The molecule has 0 saturated carbocycles. The van der Waals surface area contributed by atoms with Crippen molar-refractivity contribution in [3.63, 3.8) is 0 Å². The molecular weight excluding hydrogens is 396 g/mol. The van der Waals surface area contributed by atoms with E-state index >= 15 is 0 Å². The van der Waals surface area contributed by atoms with Gasteiger partial charge in [0, 0.05) is 13.0 Å². The van der Waals surface area contributed by atoms with Crippen molar-refractivity contribution in [3.8, 4) is 0 Å². The molecule has 5 nitrogen and oxygen atoms in total. The molecule has 0 aliphatic carbocycles. The molecule has 0 fully saturated rings. The summed E-state index contributed by atoms with van der Waals surface area (Å²) in [7, 11) is -3.41. The summed E-state index contributed by atoms with van der Waals surface area (Å²) in [4.78, 5) is 12.4. The summed E-state index contributed by atoms with van der Waals surface area (Å²) >= 11 is 0. The second-order valence-electron chi connectivity index (χ2n) is 8.94. The van der Waals surface area contributed by atoms with Crippen molar-refractivity contribution in [2.45, 2.75) is 58.9 Å². The van der Waals surface area contributed by atoms with E-state index in [2.05, 4.69) is 50.4 Å². The lowest BCUT2D eigenvalue weighted by Gasteiger charge is -2.23. The van der Waals surface area contributed by atoms with Gasteiger partial charge in [0.2, 0.25) is 15.9 Å². The number of hydrogen-bond donors (Lipinski definition) is 1. The molecule has 0 aromatic heterocycles. The zero-order valence-corrected chi connectivity index (χ0v) is 19.7. The van der Waals surface area contributed by atoms with Gasteiger partial charge in [0.05, 0.1) is 18.0 Å². The van der Waals surface area contributed by atoms with Crippen LogP contribution < -0.4 is 9.62 Å². The minimum absolute atomic E-state index is 0.0832. The van der Waals surface area contributed by atoms with Crippen LogP contribution in [-0.2, 0) is 20.2 Å². The Hall–Kier alpha value is -2.34. The Labute approximate surface area is 181 Å². The van der Waals surface area contributed by atoms with E-state index in [9.17, 15) is 13.2 Å². The van der Waals surface area contributed by atoms with Crippen LogP contribution >= 0.6 is 0 Å². The average Bonchev–Trinajstić information content (AvgIpc) is 2.63. The van der Waals surface area contributed by atoms with E-state index < -0.39 is 10.0 Å². The number of amides is 1. The normalized spacial score (nSPS) is 13.0. The summed E-state index contributed by atoms with van der Waals surface area (Å²) < 4.78 is 25.8. The fraction of sp³-hybridized carbons (Fsp3) is 0.458. The molecule has 1 atom stereocenters. The Morgan fingerprint density at radius 2 is 1.73 bits per heavy atom. The fourth-order valence-electron chi connectivity index (χ4n) is 3.32. The monoisotopic (exact) mass is 430 g/mol. The van der Waals surface area contributed by atoms with Crippen LogP contribution in [-0.4, -0.2) is 27.1 Å². The number of anilines is 1. The summed E-state index contributed by atoms with van der Waals surface area (Å²) in [5.74, 6) is -0.0832. The van der Waals surface area contributed by atoms with Gasteiger partial charge >= 0.3 is 0 Å². The zero-order valence-electron chi connectivity index (χ0n) is 18.9. The molecule has 0 saturated heterocycles. The fourth-order valence-corrected chi connectivity index (χ4v) is 4.28. The quantitative estimate of drug-likeness (QED) is 0.659. The first kappa shape index (κ1) is 23.9. The Kier molecular flexibility index (Phi) is 7.70. The van der Waals surface area contributed by atoms with Gasteiger partial charge in [0.25, 0.3) is 0 Å². The highest BCUT2D eigenvalue weighted by Gasteiger charge is 2.18. The summed E-state index contributed by atoms with van der Waals surface area (Å²) in [6, 6.07) is 15.6. The van der Waals surface area contributed by atoms with E-state index in [1.807, 2.05) is 32.0 Å². The zero-order chi connectivity index (χ0) is 22.5. The number of benzene rings is 2. The van der Waals surface area contributed by atoms with Gasteiger partial charge in [-0.15, -0.1) is 0 Å². The highest BCUT2D eigenvalue weighted by atomic mass is 32.2. The van der Waals surface area contributed by atoms with E-state index in [1.54, 1.807) is 6.07 Å². The van der Waals surface area contributed by atoms with Crippen LogP contribution in [0.1, 0.15) is 63.3 Å². The lowest BCUT2D eigenvalue weighted by molar-refractivity contribution is -0.121. The molecule has 0 aliphatic heterocycles. The van der Waals surface area contributed by atoms with Crippen LogP contribution in [0.4, 0.5) is 5.69 Å². The molecule has 0 bridgehead atoms. The number of nitrogens with one attached hydrogen (secondary N) is 1. The molecule has 0 heterocycles. The maximum Gasteiger partial charge on any atom is 0.232 e. The number of aryl methyl sites for hydroxylation is 1. The Bertz CT molecular complexity index is 961. The standard InChI is InChI=1S/C24H34N2O3S/c1-18-9-7-10-22(17-18)26(30(6,28)29)16-8-11-23(27)25-19(2)20-12-14-21(15-13-20)24(3,4)5/h7,9-10,12-15,17,19H,8,11,16H2,1-6H3,(H,25,27)/t19-/m0/s1. The van der Waals surface area contributed by atoms with E-state index in [0.717, 1.165) is 11.1 Å². The SMILES string of the molecule is Cc1cccc(N(CCCC(=O)N[C@@H](C)c2ccc(C(C)(C)C)cc2)S(C)(=O)=O)c1. The molecule has 0 aliphatic rings. The number of sulfonamides is 1. The molecule has 0 spiro atoms. The highest BCUT2D eigenvalue weighted by molar-refractivity contribution is 7.92. The maximum absolute atomic E-state index is 12.4. The minimum Gasteiger partial charge on any atom is -0.350 e. The molecule has 6 heteroatoms. The van der Waals surface area contributed by atoms with Crippen molar-refractivity contribution < 1.29 is 13.2 Å². The first-order valence-electron chi connectivity index (χ1n) is 10.3. The lowest BCUT2D eigenvalue weighted by Crippen LogP contribution is -2.32. The minimum atomic E-state index is -3.41. The Morgan fingerprint density at radius 3 is 2.27 bits per heavy atom. The molecule has 164 valence electrons. The Balaban J connectivity index is 1.93. The van der Waals surface area contributed by atoms with Gasteiger partial charge in [-0.05, 0) is 54.5 Å². The first-order chi connectivity index (χ1) is 13.9. The van der Waals surface area contributed by atoms with Crippen LogP contribution in [0.2, 0.25) is 0 Å². The Morgan fingerprint density at radius 1 is 1.10 bits per heavy atom. The van der Waals surface area contributed by atoms with Crippen molar-refractivity contribution in [1.29, 1.82) is 0 Å². The number of carbonyl (C=O) groups excluding carboxylic acids is 1. The summed E-state index contributed by atoms with van der Waals surface area (Å²) in [6.45, 7) is 10.7. The summed E-state index contributed by atoms with van der Waals surface area (Å²) in [5, 5.41) is 3.01. The van der Waals surface area contributed by atoms with Gasteiger partial charge in [-0.2, -0.15) is 0 Å². The third kappa shape index (κ3) is 6.87. The maximum atomic E-state index is 12.4. The van der Waals surface area contributed by atoms with Crippen molar-refractivity contribution in [3.05, 3.63) is 65.2 Å². The van der Waals surface area contributed by atoms with E-state index in [1.165, 1.54) is 16.1 Å². The van der Waals surface area contributed by atoms with Crippen LogP contribution in [0, 0.1) is 6.92 Å². The van der Waals surface area contributed by atoms with Crippen LogP contribution in [0.25, 0.3) is 0 Å². The first-order valence-corrected chi connectivity index (χ1v) is 12.2. The molecule has 0 unspecified atom stereocenters. The second kappa shape index (κ2) is 9.65. The predicted octanol–water partition coefficient (Wildman–Crippen LogP) is 4.72. The second-order valence-corrected chi connectivity index (χ2v) is 10.8. The van der Waals surface area contributed by atoms with Crippen molar-refractivity contribution in [1.82, 2.24) is 5.32 Å². The summed E-state index contributed by atoms with van der Waals surface area (Å²) in [6.07, 6.45) is 1.91. The van der Waals surface area contributed by atoms with Crippen molar-refractivity contribution in [2.75, 3.05) is 17.1 Å². The molecular formula is C24H34N2O3S. The lowest BCUT2D eigenvalue weighted by atomic mass is 9.86. The third-order valence-corrected chi connectivity index (χ3v) is 6.30. The third-order valence-electron chi connectivity index (χ3n) is 5.11. The van der Waals surface area contributed by atoms with Gasteiger partial charge in [-0.3, -0.25) is 9.10 Å². The van der Waals surface area contributed by atoms with Gasteiger partial charge in [0.15, 0.2) is 0 Å². The van der Waals surface area contributed by atoms with Gasteiger partial charge in [-0.1, -0.05) is 57.2 Å². The number of rotatable bonds is 8. The summed E-state index contributed by atoms with van der Waals surface area (Å²) in [5.41, 5.74) is 4.01. The van der Waals surface area contributed by atoms with Crippen molar-refractivity contribution >= 4 is 21.6 Å². The van der Waals surface area contributed by atoms with Gasteiger partial charge in [-0.25, -0.2) is 8.42 Å². The highest BCUT2D eigenvalue weighted by Crippen LogP contribution is 2.24. The van der Waals surface area contributed by atoms with Crippen LogP contribution in [0.5, 0.6) is 0 Å². The van der Waals surface area contributed by atoms with Crippen molar-refractivity contribution in [2.24, 2.45) is 0 Å². The number of carbonyl (C=O) groups is 1. The van der Waals surface area contributed by atoms with Crippen LogP contribution in [0.15, 0.2) is 48.5 Å².